The summed E-state index contributed by atoms with van der Waals surface area (Å²) in [7, 11) is 1.85. The number of rotatable bonds is 4. The second-order valence-corrected chi connectivity index (χ2v) is 7.02. The lowest BCUT2D eigenvalue weighted by atomic mass is 10.2. The van der Waals surface area contributed by atoms with Gasteiger partial charge in [0.2, 0.25) is 0 Å². The Hall–Kier alpha value is -1.65. The predicted molar refractivity (Wildman–Crippen MR) is 122 cm³/mol. The van der Waals surface area contributed by atoms with Gasteiger partial charge in [0.1, 0.15) is 0 Å². The first-order valence-electron chi connectivity index (χ1n) is 9.71. The third-order valence-corrected chi connectivity index (χ3v) is 5.33. The Kier molecular flexibility index (Phi) is 7.69. The molecule has 2 aliphatic heterocycles. The number of hydrogen-bond acceptors (Lipinski definition) is 4. The first-order valence-corrected chi connectivity index (χ1v) is 9.71. The van der Waals surface area contributed by atoms with Gasteiger partial charge in [-0.1, -0.05) is 18.2 Å². The average molecular weight is 496 g/mol. The van der Waals surface area contributed by atoms with E-state index in [0.29, 0.717) is 12.6 Å². The molecule has 4 rings (SSSR count). The van der Waals surface area contributed by atoms with Gasteiger partial charge < -0.3 is 15.0 Å². The van der Waals surface area contributed by atoms with E-state index in [1.54, 1.807) is 0 Å². The van der Waals surface area contributed by atoms with Gasteiger partial charge in [-0.05, 0) is 24.6 Å². The van der Waals surface area contributed by atoms with Crippen LogP contribution in [0.2, 0.25) is 0 Å². The van der Waals surface area contributed by atoms with E-state index in [1.165, 1.54) is 6.42 Å². The van der Waals surface area contributed by atoms with Crippen LogP contribution in [0.4, 0.5) is 0 Å². The van der Waals surface area contributed by atoms with Crippen molar-refractivity contribution in [1.29, 1.82) is 0 Å². The van der Waals surface area contributed by atoms with E-state index >= 15 is 0 Å². The van der Waals surface area contributed by atoms with Crippen LogP contribution in [0.5, 0.6) is 0 Å². The lowest BCUT2D eigenvalue weighted by molar-refractivity contribution is 0.0195. The molecule has 1 N–H and O–H groups in total. The van der Waals surface area contributed by atoms with Gasteiger partial charge in [-0.25, -0.2) is 4.68 Å². The molecular formula is C20H29IN6O. The Bertz CT molecular complexity index is 759. The minimum Gasteiger partial charge on any atom is -0.379 e. The largest absolute Gasteiger partial charge is 0.379 e. The van der Waals surface area contributed by atoms with Crippen LogP contribution in [0.15, 0.2) is 47.6 Å². The van der Waals surface area contributed by atoms with Gasteiger partial charge in [0.05, 0.1) is 31.1 Å². The van der Waals surface area contributed by atoms with Crippen LogP contribution in [-0.2, 0) is 11.3 Å². The number of halogens is 1. The van der Waals surface area contributed by atoms with Gasteiger partial charge in [0.15, 0.2) is 5.96 Å². The van der Waals surface area contributed by atoms with Gasteiger partial charge in [-0.3, -0.25) is 9.89 Å². The first-order chi connectivity index (χ1) is 13.3. The summed E-state index contributed by atoms with van der Waals surface area (Å²) in [5.74, 6) is 0.958. The molecular weight excluding hydrogens is 467 g/mol. The average Bonchev–Trinajstić information content (AvgIpc) is 3.40. The van der Waals surface area contributed by atoms with E-state index in [1.807, 2.05) is 42.2 Å². The summed E-state index contributed by atoms with van der Waals surface area (Å²) in [5, 5.41) is 8.13. The fourth-order valence-corrected chi connectivity index (χ4v) is 3.86. The van der Waals surface area contributed by atoms with E-state index in [9.17, 15) is 0 Å². The summed E-state index contributed by atoms with van der Waals surface area (Å²) in [4.78, 5) is 9.39. The standard InChI is InChI=1S/C20H28N6O.HI/c1-21-20(25-9-8-19(16-25)24-11-13-27-14-12-24)22-15-17-7-10-26(23-17)18-5-3-2-4-6-18;/h2-7,10,19H,8-9,11-16H2,1H3,(H,21,22);1H. The molecule has 1 unspecified atom stereocenters. The summed E-state index contributed by atoms with van der Waals surface area (Å²) < 4.78 is 7.38. The highest BCUT2D eigenvalue weighted by Gasteiger charge is 2.30. The van der Waals surface area contributed by atoms with Gasteiger partial charge >= 0.3 is 0 Å². The minimum atomic E-state index is 0. The molecule has 2 saturated heterocycles. The van der Waals surface area contributed by atoms with Crippen molar-refractivity contribution in [1.82, 2.24) is 24.9 Å². The molecule has 2 aliphatic rings. The number of likely N-dealkylation sites (tertiary alicyclic amines) is 1. The number of nitrogens with zero attached hydrogens (tertiary/aromatic N) is 5. The monoisotopic (exact) mass is 496 g/mol. The molecule has 2 fully saturated rings. The third kappa shape index (κ3) is 5.03. The number of guanidine groups is 1. The Balaban J connectivity index is 0.00000225. The molecule has 1 aromatic heterocycles. The number of hydrogen-bond donors (Lipinski definition) is 1. The van der Waals surface area contributed by atoms with E-state index in [-0.39, 0.29) is 24.0 Å². The molecule has 3 heterocycles. The fourth-order valence-electron chi connectivity index (χ4n) is 3.86. The highest BCUT2D eigenvalue weighted by atomic mass is 127. The van der Waals surface area contributed by atoms with Crippen LogP contribution >= 0.6 is 24.0 Å². The van der Waals surface area contributed by atoms with Crippen LogP contribution < -0.4 is 5.32 Å². The molecule has 28 heavy (non-hydrogen) atoms. The number of ether oxygens (including phenoxy) is 1. The molecule has 0 amide bonds. The van der Waals surface area contributed by atoms with Crippen molar-refractivity contribution >= 4 is 29.9 Å². The summed E-state index contributed by atoms with van der Waals surface area (Å²) in [6, 6.07) is 12.8. The summed E-state index contributed by atoms with van der Waals surface area (Å²) in [6.45, 7) is 6.54. The number of aliphatic imine (C=N–C) groups is 1. The summed E-state index contributed by atoms with van der Waals surface area (Å²) >= 11 is 0. The van der Waals surface area contributed by atoms with E-state index in [2.05, 4.69) is 37.3 Å². The van der Waals surface area contributed by atoms with Crippen molar-refractivity contribution in [3.63, 3.8) is 0 Å². The van der Waals surface area contributed by atoms with Gasteiger partial charge in [-0.2, -0.15) is 5.10 Å². The first kappa shape index (κ1) is 21.1. The lowest BCUT2D eigenvalue weighted by Gasteiger charge is -2.32. The van der Waals surface area contributed by atoms with Crippen molar-refractivity contribution in [3.8, 4) is 5.69 Å². The molecule has 0 radical (unpaired) electrons. The zero-order chi connectivity index (χ0) is 18.5. The zero-order valence-corrected chi connectivity index (χ0v) is 18.7. The SMILES string of the molecule is CN=C(NCc1ccn(-c2ccccc2)n1)N1CCC(N2CCOCC2)C1.I. The van der Waals surface area contributed by atoms with E-state index < -0.39 is 0 Å². The maximum atomic E-state index is 5.48. The Morgan fingerprint density at radius 1 is 1.18 bits per heavy atom. The van der Waals surface area contributed by atoms with Crippen LogP contribution in [0, 0.1) is 0 Å². The van der Waals surface area contributed by atoms with E-state index in [4.69, 9.17) is 4.74 Å². The quantitative estimate of drug-likeness (QED) is 0.399. The minimum absolute atomic E-state index is 0. The van der Waals surface area contributed by atoms with Crippen LogP contribution in [0.1, 0.15) is 12.1 Å². The second kappa shape index (κ2) is 10.2. The van der Waals surface area contributed by atoms with Crippen LogP contribution in [0.25, 0.3) is 5.69 Å². The zero-order valence-electron chi connectivity index (χ0n) is 16.3. The summed E-state index contributed by atoms with van der Waals surface area (Å²) in [6.07, 6.45) is 3.18. The third-order valence-electron chi connectivity index (χ3n) is 5.33. The van der Waals surface area contributed by atoms with Crippen molar-refractivity contribution in [3.05, 3.63) is 48.3 Å². The highest BCUT2D eigenvalue weighted by Crippen LogP contribution is 2.17. The molecule has 0 bridgehead atoms. The fraction of sp³-hybridized carbons (Fsp3) is 0.500. The normalized spacial score (nSPS) is 20.8. The molecule has 0 saturated carbocycles. The topological polar surface area (TPSA) is 57.9 Å². The molecule has 1 atom stereocenters. The molecule has 0 spiro atoms. The second-order valence-electron chi connectivity index (χ2n) is 7.02. The number of aromatic nitrogens is 2. The van der Waals surface area contributed by atoms with Crippen molar-refractivity contribution in [2.45, 2.75) is 19.0 Å². The molecule has 7 nitrogen and oxygen atoms in total. The molecule has 8 heteroatoms. The lowest BCUT2D eigenvalue weighted by Crippen LogP contribution is -2.46. The highest BCUT2D eigenvalue weighted by molar-refractivity contribution is 14.0. The molecule has 152 valence electrons. The maximum Gasteiger partial charge on any atom is 0.194 e. The van der Waals surface area contributed by atoms with Crippen molar-refractivity contribution in [2.24, 2.45) is 4.99 Å². The number of nitrogens with one attached hydrogen (secondary N) is 1. The number of para-hydroxylation sites is 1. The Morgan fingerprint density at radius 2 is 1.96 bits per heavy atom. The predicted octanol–water partition coefficient (Wildman–Crippen LogP) is 1.97. The molecule has 2 aromatic rings. The van der Waals surface area contributed by atoms with Crippen molar-refractivity contribution < 1.29 is 4.74 Å². The number of morpholine rings is 1. The van der Waals surface area contributed by atoms with Gasteiger partial charge in [0, 0.05) is 45.5 Å². The smallest absolute Gasteiger partial charge is 0.194 e. The molecule has 0 aliphatic carbocycles. The van der Waals surface area contributed by atoms with Crippen LogP contribution in [-0.4, -0.2) is 78.0 Å². The van der Waals surface area contributed by atoms with Gasteiger partial charge in [-0.15, -0.1) is 24.0 Å². The Morgan fingerprint density at radius 3 is 2.71 bits per heavy atom. The maximum absolute atomic E-state index is 5.48. The van der Waals surface area contributed by atoms with Crippen LogP contribution in [0.3, 0.4) is 0 Å². The Labute approximate surface area is 183 Å². The summed E-state index contributed by atoms with van der Waals surface area (Å²) in [5.41, 5.74) is 2.07. The van der Waals surface area contributed by atoms with E-state index in [0.717, 1.165) is 56.7 Å². The number of benzene rings is 1. The molecule has 1 aromatic carbocycles. The van der Waals surface area contributed by atoms with Crippen molar-refractivity contribution in [2.75, 3.05) is 46.4 Å². The van der Waals surface area contributed by atoms with Gasteiger partial charge in [0.25, 0.3) is 0 Å².